The van der Waals surface area contributed by atoms with E-state index in [2.05, 4.69) is 9.97 Å². The number of hydrogen-bond donors (Lipinski definition) is 1. The van der Waals surface area contributed by atoms with Crippen LogP contribution in [0.15, 0.2) is 52.4 Å². The summed E-state index contributed by atoms with van der Waals surface area (Å²) >= 11 is 13.4. The largest absolute Gasteiger partial charge is 0.489 e. The molecule has 0 radical (unpaired) electrons. The first-order chi connectivity index (χ1) is 13.0. The molecule has 0 saturated carbocycles. The van der Waals surface area contributed by atoms with E-state index in [1.165, 1.54) is 11.8 Å². The second kappa shape index (κ2) is 8.49. The lowest BCUT2D eigenvalue weighted by Crippen LogP contribution is -2.14. The summed E-state index contributed by atoms with van der Waals surface area (Å²) in [5, 5.41) is 10.8. The van der Waals surface area contributed by atoms with Gasteiger partial charge in [-0.3, -0.25) is 4.79 Å². The van der Waals surface area contributed by atoms with Gasteiger partial charge in [0.25, 0.3) is 5.56 Å². The van der Waals surface area contributed by atoms with Gasteiger partial charge in [-0.05, 0) is 30.5 Å². The van der Waals surface area contributed by atoms with Crippen LogP contribution in [0.2, 0.25) is 10.0 Å². The monoisotopic (exact) mass is 417 g/mol. The van der Waals surface area contributed by atoms with Crippen molar-refractivity contribution in [3.05, 3.63) is 74.0 Å². The molecule has 27 heavy (non-hydrogen) atoms. The van der Waals surface area contributed by atoms with Crippen LogP contribution in [0.5, 0.6) is 5.75 Å². The third-order valence-corrected chi connectivity index (χ3v) is 4.89. The van der Waals surface area contributed by atoms with Gasteiger partial charge in [-0.25, -0.2) is 4.98 Å². The molecule has 0 saturated heterocycles. The topological polar surface area (TPSA) is 78.8 Å². The first kappa shape index (κ1) is 19.3. The van der Waals surface area contributed by atoms with Gasteiger partial charge >= 0.3 is 0 Å². The smallest absolute Gasteiger partial charge is 0.270 e. The molecular formula is C19H13Cl2N3O2S. The highest BCUT2D eigenvalue weighted by Gasteiger charge is 2.14. The Morgan fingerprint density at radius 3 is 2.78 bits per heavy atom. The van der Waals surface area contributed by atoms with E-state index >= 15 is 0 Å². The zero-order valence-electron chi connectivity index (χ0n) is 14.1. The second-order valence-electron chi connectivity index (χ2n) is 5.46. The molecule has 2 aromatic carbocycles. The van der Waals surface area contributed by atoms with Gasteiger partial charge in [0.15, 0.2) is 5.16 Å². The number of nitrogens with one attached hydrogen (secondary N) is 1. The van der Waals surface area contributed by atoms with Crippen LogP contribution in [0.3, 0.4) is 0 Å². The van der Waals surface area contributed by atoms with Gasteiger partial charge in [0.05, 0.1) is 5.69 Å². The van der Waals surface area contributed by atoms with E-state index in [4.69, 9.17) is 27.9 Å². The molecule has 0 bridgehead atoms. The van der Waals surface area contributed by atoms with Crippen molar-refractivity contribution in [2.24, 2.45) is 0 Å². The summed E-state index contributed by atoms with van der Waals surface area (Å²) in [5.74, 6) is 0.565. The van der Waals surface area contributed by atoms with E-state index in [0.29, 0.717) is 32.2 Å². The Labute approximate surface area is 169 Å². The quantitative estimate of drug-likeness (QED) is 0.470. The Balaban J connectivity index is 1.91. The minimum absolute atomic E-state index is 0.0364. The molecule has 3 aromatic rings. The number of aromatic amines is 1. The van der Waals surface area contributed by atoms with Crippen molar-refractivity contribution in [1.82, 2.24) is 9.97 Å². The van der Waals surface area contributed by atoms with Crippen LogP contribution >= 0.6 is 35.0 Å². The number of halogens is 2. The maximum atomic E-state index is 12.1. The Hall–Kier alpha value is -2.46. The molecule has 0 aliphatic heterocycles. The van der Waals surface area contributed by atoms with Crippen LogP contribution in [0, 0.1) is 11.3 Å². The average molecular weight is 418 g/mol. The Morgan fingerprint density at radius 1 is 1.26 bits per heavy atom. The lowest BCUT2D eigenvalue weighted by molar-refractivity contribution is 0.306. The molecule has 136 valence electrons. The number of ether oxygens (including phenoxy) is 1. The van der Waals surface area contributed by atoms with Crippen molar-refractivity contribution < 1.29 is 4.74 Å². The Kier molecular flexibility index (Phi) is 6.07. The molecule has 1 heterocycles. The van der Waals surface area contributed by atoms with E-state index in [9.17, 15) is 10.1 Å². The number of aromatic nitrogens is 2. The fraction of sp³-hybridized carbons (Fsp3) is 0.105. The number of thioether (sulfide) groups is 1. The molecule has 1 aromatic heterocycles. The number of nitrogens with zero attached hydrogens (tertiary/aromatic N) is 2. The van der Waals surface area contributed by atoms with Gasteiger partial charge in [-0.2, -0.15) is 5.26 Å². The number of H-pyrrole nitrogens is 1. The van der Waals surface area contributed by atoms with Gasteiger partial charge in [-0.15, -0.1) is 0 Å². The molecule has 0 aliphatic carbocycles. The van der Waals surface area contributed by atoms with Gasteiger partial charge < -0.3 is 9.72 Å². The summed E-state index contributed by atoms with van der Waals surface area (Å²) in [6.07, 6.45) is 1.80. The van der Waals surface area contributed by atoms with Crippen LogP contribution in [0.4, 0.5) is 0 Å². The zero-order valence-corrected chi connectivity index (χ0v) is 16.5. The van der Waals surface area contributed by atoms with E-state index in [1.807, 2.05) is 6.07 Å². The zero-order chi connectivity index (χ0) is 19.4. The number of rotatable bonds is 5. The normalized spacial score (nSPS) is 10.4. The molecule has 5 nitrogen and oxygen atoms in total. The molecule has 0 amide bonds. The Morgan fingerprint density at radius 2 is 2.07 bits per heavy atom. The highest BCUT2D eigenvalue weighted by Crippen LogP contribution is 2.27. The van der Waals surface area contributed by atoms with Crippen molar-refractivity contribution in [2.75, 3.05) is 6.26 Å². The molecular weight excluding hydrogens is 405 g/mol. The van der Waals surface area contributed by atoms with Gasteiger partial charge in [-0.1, -0.05) is 53.2 Å². The summed E-state index contributed by atoms with van der Waals surface area (Å²) in [5.41, 5.74) is 1.23. The van der Waals surface area contributed by atoms with Crippen LogP contribution in [-0.4, -0.2) is 16.2 Å². The lowest BCUT2D eigenvalue weighted by atomic mass is 10.1. The van der Waals surface area contributed by atoms with Crippen LogP contribution in [-0.2, 0) is 6.61 Å². The molecule has 0 aliphatic rings. The average Bonchev–Trinajstić information content (AvgIpc) is 2.67. The first-order valence-corrected chi connectivity index (χ1v) is 9.75. The predicted octanol–water partition coefficient (Wildman–Crippen LogP) is 4.92. The maximum absolute atomic E-state index is 12.1. The Bertz CT molecular complexity index is 1090. The highest BCUT2D eigenvalue weighted by atomic mass is 35.5. The summed E-state index contributed by atoms with van der Waals surface area (Å²) < 4.78 is 5.81. The predicted molar refractivity (Wildman–Crippen MR) is 108 cm³/mol. The SMILES string of the molecule is CSc1nc(-c2cccc(OCc3ccc(Cl)cc3Cl)c2)c(C#N)c(=O)[nH]1. The molecule has 0 atom stereocenters. The number of nitriles is 1. The second-order valence-corrected chi connectivity index (χ2v) is 7.10. The molecule has 1 N–H and O–H groups in total. The summed E-state index contributed by atoms with van der Waals surface area (Å²) in [7, 11) is 0. The number of benzene rings is 2. The summed E-state index contributed by atoms with van der Waals surface area (Å²) in [4.78, 5) is 19.0. The minimum Gasteiger partial charge on any atom is -0.489 e. The maximum Gasteiger partial charge on any atom is 0.270 e. The summed E-state index contributed by atoms with van der Waals surface area (Å²) in [6.45, 7) is 0.253. The molecule has 0 unspecified atom stereocenters. The van der Waals surface area contributed by atoms with Crippen molar-refractivity contribution in [2.45, 2.75) is 11.8 Å². The molecule has 0 fully saturated rings. The van der Waals surface area contributed by atoms with Crippen molar-refractivity contribution in [1.29, 1.82) is 5.26 Å². The van der Waals surface area contributed by atoms with Crippen LogP contribution < -0.4 is 10.3 Å². The van der Waals surface area contributed by atoms with Crippen molar-refractivity contribution >= 4 is 35.0 Å². The fourth-order valence-electron chi connectivity index (χ4n) is 2.39. The molecule has 3 rings (SSSR count). The van der Waals surface area contributed by atoms with Crippen LogP contribution in [0.25, 0.3) is 11.3 Å². The van der Waals surface area contributed by atoms with E-state index < -0.39 is 5.56 Å². The lowest BCUT2D eigenvalue weighted by Gasteiger charge is -2.10. The third kappa shape index (κ3) is 4.45. The van der Waals surface area contributed by atoms with Gasteiger partial charge in [0.1, 0.15) is 24.0 Å². The minimum atomic E-state index is -0.467. The molecule has 8 heteroatoms. The van der Waals surface area contributed by atoms with Gasteiger partial charge in [0.2, 0.25) is 0 Å². The highest BCUT2D eigenvalue weighted by molar-refractivity contribution is 7.98. The summed E-state index contributed by atoms with van der Waals surface area (Å²) in [6, 6.07) is 14.2. The van der Waals surface area contributed by atoms with Gasteiger partial charge in [0, 0.05) is 21.2 Å². The van der Waals surface area contributed by atoms with E-state index in [1.54, 1.807) is 48.7 Å². The first-order valence-electron chi connectivity index (χ1n) is 7.77. The van der Waals surface area contributed by atoms with Crippen molar-refractivity contribution in [3.63, 3.8) is 0 Å². The standard InChI is InChI=1S/C19H13Cl2N3O2S/c1-27-19-23-17(15(9-22)18(25)24-19)11-3-2-4-14(7-11)26-10-12-5-6-13(20)8-16(12)21/h2-8H,10H2,1H3,(H,23,24,25). The van der Waals surface area contributed by atoms with Crippen molar-refractivity contribution in [3.8, 4) is 23.1 Å². The third-order valence-electron chi connectivity index (χ3n) is 3.72. The van der Waals surface area contributed by atoms with E-state index in [-0.39, 0.29) is 12.2 Å². The van der Waals surface area contributed by atoms with E-state index in [0.717, 1.165) is 5.56 Å². The number of hydrogen-bond acceptors (Lipinski definition) is 5. The van der Waals surface area contributed by atoms with Crippen LogP contribution in [0.1, 0.15) is 11.1 Å². The molecule has 0 spiro atoms. The fourth-order valence-corrected chi connectivity index (χ4v) is 3.24.